The van der Waals surface area contributed by atoms with Crippen molar-refractivity contribution < 1.29 is 14.6 Å². The summed E-state index contributed by atoms with van der Waals surface area (Å²) in [5, 5.41) is 30.8. The van der Waals surface area contributed by atoms with E-state index in [2.05, 4.69) is 4.98 Å². The number of nitro benzene ring substituents is 2. The maximum atomic E-state index is 11.1. The van der Waals surface area contributed by atoms with Crippen LogP contribution in [0.5, 0.6) is 5.75 Å². The van der Waals surface area contributed by atoms with Crippen LogP contribution < -0.4 is 4.74 Å². The molecule has 1 aromatic heterocycles. The maximum Gasteiger partial charge on any atom is 0.320 e. The van der Waals surface area contributed by atoms with E-state index in [1.165, 1.54) is 6.07 Å². The van der Waals surface area contributed by atoms with Crippen molar-refractivity contribution in [2.24, 2.45) is 0 Å². The second-order valence-electron chi connectivity index (χ2n) is 4.05. The lowest BCUT2D eigenvalue weighted by Gasteiger charge is -2.08. The van der Waals surface area contributed by atoms with Gasteiger partial charge in [0.15, 0.2) is 6.61 Å². The summed E-state index contributed by atoms with van der Waals surface area (Å²) in [6.45, 7) is 1.21. The van der Waals surface area contributed by atoms with E-state index >= 15 is 0 Å². The largest absolute Gasteiger partial charge is 0.470 e. The Morgan fingerprint density at radius 1 is 1.29 bits per heavy atom. The summed E-state index contributed by atoms with van der Waals surface area (Å²) in [6.07, 6.45) is 0. The standard InChI is InChI=1S/C12H8N4O5/c1-7-2-3-8-9(15(17)18)6-10(16(19)20)12(11(8)14-7)21-5-4-13/h2-3,6H,5H2,1H3. The summed E-state index contributed by atoms with van der Waals surface area (Å²) in [5.41, 5.74) is -0.527. The molecule has 0 spiro atoms. The van der Waals surface area contributed by atoms with Gasteiger partial charge in [0.25, 0.3) is 5.69 Å². The zero-order chi connectivity index (χ0) is 15.6. The molecule has 2 aromatic rings. The van der Waals surface area contributed by atoms with Gasteiger partial charge < -0.3 is 4.74 Å². The third-order valence-electron chi connectivity index (χ3n) is 2.71. The van der Waals surface area contributed by atoms with Gasteiger partial charge in [-0.25, -0.2) is 4.98 Å². The number of nitriles is 1. The van der Waals surface area contributed by atoms with Crippen molar-refractivity contribution in [3.8, 4) is 11.8 Å². The quantitative estimate of drug-likeness (QED) is 0.622. The highest BCUT2D eigenvalue weighted by molar-refractivity contribution is 5.96. The summed E-state index contributed by atoms with van der Waals surface area (Å²) in [5.74, 6) is -0.245. The number of benzene rings is 1. The summed E-state index contributed by atoms with van der Waals surface area (Å²) in [4.78, 5) is 24.7. The molecule has 0 saturated carbocycles. The van der Waals surface area contributed by atoms with Crippen molar-refractivity contribution in [2.75, 3.05) is 6.61 Å². The van der Waals surface area contributed by atoms with Gasteiger partial charge in [-0.2, -0.15) is 5.26 Å². The number of hydrogen-bond donors (Lipinski definition) is 0. The Morgan fingerprint density at radius 2 is 1.95 bits per heavy atom. The number of aromatic nitrogens is 1. The van der Waals surface area contributed by atoms with Crippen molar-refractivity contribution in [1.82, 2.24) is 4.98 Å². The molecule has 0 aliphatic rings. The Balaban J connectivity index is 2.89. The average Bonchev–Trinajstić information content (AvgIpc) is 2.43. The first-order chi connectivity index (χ1) is 9.95. The van der Waals surface area contributed by atoms with Gasteiger partial charge >= 0.3 is 5.69 Å². The molecule has 0 aliphatic heterocycles. The molecule has 1 aromatic carbocycles. The molecule has 21 heavy (non-hydrogen) atoms. The van der Waals surface area contributed by atoms with Crippen LogP contribution in [-0.2, 0) is 0 Å². The Kier molecular flexibility index (Phi) is 3.62. The number of hydrogen-bond acceptors (Lipinski definition) is 7. The molecule has 0 bridgehead atoms. The zero-order valence-electron chi connectivity index (χ0n) is 10.8. The van der Waals surface area contributed by atoms with Gasteiger partial charge in [0.2, 0.25) is 5.75 Å². The molecule has 9 heteroatoms. The minimum absolute atomic E-state index is 0.00819. The third kappa shape index (κ3) is 2.55. The van der Waals surface area contributed by atoms with E-state index in [-0.39, 0.29) is 16.7 Å². The lowest BCUT2D eigenvalue weighted by molar-refractivity contribution is -0.393. The molecule has 9 nitrogen and oxygen atoms in total. The fourth-order valence-corrected chi connectivity index (χ4v) is 1.86. The summed E-state index contributed by atoms with van der Waals surface area (Å²) in [6, 6.07) is 5.50. The fraction of sp³-hybridized carbons (Fsp3) is 0.167. The lowest BCUT2D eigenvalue weighted by Crippen LogP contribution is -2.03. The van der Waals surface area contributed by atoms with E-state index in [1.807, 2.05) is 0 Å². The van der Waals surface area contributed by atoms with E-state index in [0.29, 0.717) is 5.69 Å². The molecule has 0 saturated heterocycles. The smallest absolute Gasteiger partial charge is 0.320 e. The van der Waals surface area contributed by atoms with Gasteiger partial charge in [0.05, 0.1) is 21.3 Å². The fourth-order valence-electron chi connectivity index (χ4n) is 1.86. The zero-order valence-corrected chi connectivity index (χ0v) is 10.8. The molecule has 0 radical (unpaired) electrons. The van der Waals surface area contributed by atoms with Crippen molar-refractivity contribution in [1.29, 1.82) is 5.26 Å². The number of fused-ring (bicyclic) bond motifs is 1. The van der Waals surface area contributed by atoms with Crippen LogP contribution in [0.25, 0.3) is 10.9 Å². The highest BCUT2D eigenvalue weighted by Gasteiger charge is 2.27. The number of aryl methyl sites for hydroxylation is 1. The van der Waals surface area contributed by atoms with Crippen molar-refractivity contribution in [3.05, 3.63) is 44.1 Å². The van der Waals surface area contributed by atoms with Crippen LogP contribution in [-0.4, -0.2) is 21.4 Å². The topological polar surface area (TPSA) is 132 Å². The summed E-state index contributed by atoms with van der Waals surface area (Å²) in [7, 11) is 0. The maximum absolute atomic E-state index is 11.1. The van der Waals surface area contributed by atoms with Crippen molar-refractivity contribution in [2.45, 2.75) is 6.92 Å². The SMILES string of the molecule is Cc1ccc2c([N+](=O)[O-])cc([N+](=O)[O-])c(OCC#N)c2n1. The van der Waals surface area contributed by atoms with Gasteiger partial charge in [0, 0.05) is 5.69 Å². The van der Waals surface area contributed by atoms with E-state index in [9.17, 15) is 20.2 Å². The van der Waals surface area contributed by atoms with E-state index in [0.717, 1.165) is 6.07 Å². The number of non-ortho nitro benzene ring substituents is 1. The van der Waals surface area contributed by atoms with Gasteiger partial charge in [0.1, 0.15) is 11.6 Å². The first-order valence-electron chi connectivity index (χ1n) is 5.68. The minimum Gasteiger partial charge on any atom is -0.470 e. The first kappa shape index (κ1) is 14.1. The molecule has 106 valence electrons. The molecular formula is C12H8N4O5. The molecular weight excluding hydrogens is 280 g/mol. The van der Waals surface area contributed by atoms with Crippen LogP contribution in [0.3, 0.4) is 0 Å². The number of nitrogens with zero attached hydrogens (tertiary/aromatic N) is 4. The highest BCUT2D eigenvalue weighted by Crippen LogP contribution is 2.40. The second-order valence-corrected chi connectivity index (χ2v) is 4.05. The van der Waals surface area contributed by atoms with Crippen LogP contribution in [0, 0.1) is 38.5 Å². The highest BCUT2D eigenvalue weighted by atomic mass is 16.6. The van der Waals surface area contributed by atoms with E-state index < -0.39 is 27.8 Å². The third-order valence-corrected chi connectivity index (χ3v) is 2.71. The lowest BCUT2D eigenvalue weighted by atomic mass is 10.1. The minimum atomic E-state index is -0.802. The van der Waals surface area contributed by atoms with Crippen LogP contribution in [0.15, 0.2) is 18.2 Å². The van der Waals surface area contributed by atoms with Crippen LogP contribution in [0.2, 0.25) is 0 Å². The first-order valence-corrected chi connectivity index (χ1v) is 5.68. The normalized spacial score (nSPS) is 10.1. The van der Waals surface area contributed by atoms with E-state index in [1.54, 1.807) is 19.1 Å². The van der Waals surface area contributed by atoms with Crippen LogP contribution in [0.4, 0.5) is 11.4 Å². The van der Waals surface area contributed by atoms with Gasteiger partial charge in [-0.15, -0.1) is 0 Å². The number of pyridine rings is 1. The van der Waals surface area contributed by atoms with Crippen molar-refractivity contribution >= 4 is 22.3 Å². The molecule has 0 fully saturated rings. The van der Waals surface area contributed by atoms with Crippen molar-refractivity contribution in [3.63, 3.8) is 0 Å². The number of rotatable bonds is 4. The molecule has 0 aliphatic carbocycles. The van der Waals surface area contributed by atoms with E-state index in [4.69, 9.17) is 10.00 Å². The molecule has 0 unspecified atom stereocenters. The molecule has 0 amide bonds. The van der Waals surface area contributed by atoms with Gasteiger partial charge in [-0.1, -0.05) is 0 Å². The second kappa shape index (κ2) is 5.38. The summed E-state index contributed by atoms with van der Waals surface area (Å²) >= 11 is 0. The molecule has 2 rings (SSSR count). The Morgan fingerprint density at radius 3 is 2.52 bits per heavy atom. The van der Waals surface area contributed by atoms with Gasteiger partial charge in [-0.05, 0) is 19.1 Å². The van der Waals surface area contributed by atoms with Gasteiger partial charge in [-0.3, -0.25) is 20.2 Å². The average molecular weight is 288 g/mol. The number of ether oxygens (including phenoxy) is 1. The molecule has 0 N–H and O–H groups in total. The predicted octanol–water partition coefficient (Wildman–Crippen LogP) is 2.26. The predicted molar refractivity (Wildman–Crippen MR) is 70.9 cm³/mol. The Bertz CT molecular complexity index is 796. The molecule has 0 atom stereocenters. The molecule has 1 heterocycles. The number of nitro groups is 2. The van der Waals surface area contributed by atoms with Crippen LogP contribution >= 0.6 is 0 Å². The Labute approximate surface area is 117 Å². The van der Waals surface area contributed by atoms with Crippen LogP contribution in [0.1, 0.15) is 5.69 Å². The summed E-state index contributed by atoms with van der Waals surface area (Å²) < 4.78 is 5.06. The Hall–Kier alpha value is -3.28. The monoisotopic (exact) mass is 288 g/mol.